The van der Waals surface area contributed by atoms with E-state index in [1.807, 2.05) is 0 Å². The van der Waals surface area contributed by atoms with E-state index in [1.54, 1.807) is 0 Å². The van der Waals surface area contributed by atoms with Crippen molar-refractivity contribution in [3.63, 3.8) is 0 Å². The Balaban J connectivity index is 3.94. The molecule has 6 heteroatoms. The lowest BCUT2D eigenvalue weighted by atomic mass is 10.4. The Morgan fingerprint density at radius 3 is 2.64 bits per heavy atom. The number of nitrogens with zero attached hydrogens (tertiary/aromatic N) is 1. The van der Waals surface area contributed by atoms with Crippen LogP contribution in [0.5, 0.6) is 0 Å². The second kappa shape index (κ2) is 7.05. The largest absolute Gasteiger partial charge is 0.466 e. The summed E-state index contributed by atoms with van der Waals surface area (Å²) in [5, 5.41) is 9.55. The van der Waals surface area contributed by atoms with Crippen LogP contribution in [0.2, 0.25) is 0 Å². The highest BCUT2D eigenvalue weighted by atomic mass is 16.5. The third-order valence-corrected chi connectivity index (χ3v) is 1.39. The van der Waals surface area contributed by atoms with Gasteiger partial charge in [0.15, 0.2) is 0 Å². The summed E-state index contributed by atoms with van der Waals surface area (Å²) >= 11 is 0. The lowest BCUT2D eigenvalue weighted by Crippen LogP contribution is -2.28. The lowest BCUT2D eigenvalue weighted by molar-refractivity contribution is -0.159. The predicted molar refractivity (Wildman–Crippen MR) is 48.3 cm³/mol. The van der Waals surface area contributed by atoms with Crippen molar-refractivity contribution in [2.45, 2.75) is 6.42 Å². The summed E-state index contributed by atoms with van der Waals surface area (Å²) < 4.78 is 4.26. The number of nitrogens with two attached hydrogens (primary N) is 1. The molecule has 80 valence electrons. The highest BCUT2D eigenvalue weighted by Crippen LogP contribution is 1.89. The molecule has 0 spiro atoms. The zero-order valence-electron chi connectivity index (χ0n) is 7.97. The minimum Gasteiger partial charge on any atom is -0.466 e. The van der Waals surface area contributed by atoms with Gasteiger partial charge in [0.25, 0.3) is 5.91 Å². The Labute approximate surface area is 81.9 Å². The van der Waals surface area contributed by atoms with Crippen molar-refractivity contribution in [1.82, 2.24) is 5.06 Å². The monoisotopic (exact) mass is 202 g/mol. The molecule has 0 aliphatic heterocycles. The molecule has 0 atom stereocenters. The molecule has 0 saturated carbocycles. The van der Waals surface area contributed by atoms with Crippen LogP contribution in [0.25, 0.3) is 0 Å². The Morgan fingerprint density at radius 1 is 1.50 bits per heavy atom. The van der Waals surface area contributed by atoms with E-state index in [9.17, 15) is 9.59 Å². The molecule has 0 aromatic rings. The number of hydrogen-bond donors (Lipinski definition) is 2. The molecule has 0 aromatic heterocycles. The van der Waals surface area contributed by atoms with Gasteiger partial charge in [-0.05, 0) is 13.0 Å². The van der Waals surface area contributed by atoms with E-state index >= 15 is 0 Å². The molecule has 3 N–H and O–H groups in total. The van der Waals surface area contributed by atoms with Gasteiger partial charge in [0, 0.05) is 18.7 Å². The average molecular weight is 202 g/mol. The predicted octanol–water partition coefficient (Wildman–Crippen LogP) is -0.718. The van der Waals surface area contributed by atoms with Crippen LogP contribution in [0.1, 0.15) is 6.42 Å². The number of hydrogen-bond acceptors (Lipinski definition) is 5. The first-order valence-corrected chi connectivity index (χ1v) is 4.08. The number of hydroxylamine groups is 2. The zero-order valence-corrected chi connectivity index (χ0v) is 7.97. The Kier molecular flexibility index (Phi) is 6.34. The molecular weight excluding hydrogens is 188 g/mol. The van der Waals surface area contributed by atoms with Gasteiger partial charge in [0.05, 0.1) is 7.11 Å². The fraction of sp³-hybridized carbons (Fsp3) is 0.500. The fourth-order valence-electron chi connectivity index (χ4n) is 0.645. The number of carbonyl (C=O) groups is 2. The van der Waals surface area contributed by atoms with Crippen molar-refractivity contribution >= 4 is 11.9 Å². The zero-order chi connectivity index (χ0) is 11.0. The second-order valence-electron chi connectivity index (χ2n) is 2.46. The average Bonchev–Trinajstić information content (AvgIpc) is 2.21. The molecule has 0 heterocycles. The SMILES string of the molecule is COC(=O)/C=C/C(=O)N(O)CCCN. The Hall–Kier alpha value is -1.40. The van der Waals surface area contributed by atoms with E-state index in [0.29, 0.717) is 18.0 Å². The van der Waals surface area contributed by atoms with E-state index in [1.165, 1.54) is 7.11 Å². The van der Waals surface area contributed by atoms with Gasteiger partial charge in [-0.1, -0.05) is 0 Å². The van der Waals surface area contributed by atoms with E-state index < -0.39 is 11.9 Å². The third kappa shape index (κ3) is 5.28. The summed E-state index contributed by atoms with van der Waals surface area (Å²) in [5.74, 6) is -1.32. The van der Waals surface area contributed by atoms with Crippen molar-refractivity contribution in [3.05, 3.63) is 12.2 Å². The standard InChI is InChI=1S/C8H14N2O4/c1-14-8(12)4-3-7(11)10(13)6-2-5-9/h3-4,13H,2,5-6,9H2,1H3/b4-3+. The van der Waals surface area contributed by atoms with Gasteiger partial charge in [0.1, 0.15) is 0 Å². The topological polar surface area (TPSA) is 92.9 Å². The highest BCUT2D eigenvalue weighted by Gasteiger charge is 2.06. The molecule has 0 fully saturated rings. The minimum absolute atomic E-state index is 0.140. The van der Waals surface area contributed by atoms with Gasteiger partial charge in [-0.15, -0.1) is 0 Å². The second-order valence-corrected chi connectivity index (χ2v) is 2.46. The molecule has 0 saturated heterocycles. The minimum atomic E-state index is -0.677. The number of esters is 1. The van der Waals surface area contributed by atoms with E-state index in [-0.39, 0.29) is 6.54 Å². The molecule has 0 aliphatic rings. The van der Waals surface area contributed by atoms with Crippen LogP contribution in [0.4, 0.5) is 0 Å². The summed E-state index contributed by atoms with van der Waals surface area (Å²) in [7, 11) is 1.20. The van der Waals surface area contributed by atoms with Gasteiger partial charge in [-0.2, -0.15) is 0 Å². The van der Waals surface area contributed by atoms with E-state index in [2.05, 4.69) is 4.74 Å². The summed E-state index contributed by atoms with van der Waals surface area (Å²) in [6.45, 7) is 0.520. The smallest absolute Gasteiger partial charge is 0.330 e. The van der Waals surface area contributed by atoms with Gasteiger partial charge in [-0.3, -0.25) is 10.0 Å². The molecule has 0 unspecified atom stereocenters. The summed E-state index contributed by atoms with van der Waals surface area (Å²) in [5.41, 5.74) is 5.18. The van der Waals surface area contributed by atoms with Crippen LogP contribution in [-0.2, 0) is 14.3 Å². The Bertz CT molecular complexity index is 227. The maximum atomic E-state index is 11.0. The summed E-state index contributed by atoms with van der Waals surface area (Å²) in [6.07, 6.45) is 2.37. The number of ether oxygens (including phenoxy) is 1. The number of amides is 1. The number of rotatable bonds is 5. The van der Waals surface area contributed by atoms with Crippen molar-refractivity contribution in [1.29, 1.82) is 0 Å². The first-order valence-electron chi connectivity index (χ1n) is 4.08. The highest BCUT2D eigenvalue weighted by molar-refractivity contribution is 5.93. The van der Waals surface area contributed by atoms with Crippen LogP contribution >= 0.6 is 0 Å². The van der Waals surface area contributed by atoms with Crippen molar-refractivity contribution < 1.29 is 19.5 Å². The lowest BCUT2D eigenvalue weighted by Gasteiger charge is -2.11. The van der Waals surface area contributed by atoms with Crippen LogP contribution in [0.15, 0.2) is 12.2 Å². The first-order chi connectivity index (χ1) is 6.61. The molecule has 0 aromatic carbocycles. The maximum absolute atomic E-state index is 11.0. The van der Waals surface area contributed by atoms with E-state index in [0.717, 1.165) is 12.2 Å². The normalized spacial score (nSPS) is 10.2. The van der Waals surface area contributed by atoms with Crippen LogP contribution in [-0.4, -0.2) is 42.3 Å². The van der Waals surface area contributed by atoms with Gasteiger partial charge >= 0.3 is 5.97 Å². The van der Waals surface area contributed by atoms with Crippen LogP contribution in [0.3, 0.4) is 0 Å². The quantitative estimate of drug-likeness (QED) is 0.266. The number of carbonyl (C=O) groups excluding carboxylic acids is 2. The molecule has 14 heavy (non-hydrogen) atoms. The molecule has 0 aliphatic carbocycles. The number of methoxy groups -OCH3 is 1. The molecule has 6 nitrogen and oxygen atoms in total. The van der Waals surface area contributed by atoms with Crippen molar-refractivity contribution in [3.8, 4) is 0 Å². The molecule has 0 radical (unpaired) electrons. The Morgan fingerprint density at radius 2 is 2.14 bits per heavy atom. The summed E-state index contributed by atoms with van der Waals surface area (Å²) in [6, 6.07) is 0. The van der Waals surface area contributed by atoms with Crippen LogP contribution in [0, 0.1) is 0 Å². The van der Waals surface area contributed by atoms with Crippen LogP contribution < -0.4 is 5.73 Å². The first kappa shape index (κ1) is 12.6. The van der Waals surface area contributed by atoms with E-state index in [4.69, 9.17) is 10.9 Å². The van der Waals surface area contributed by atoms with Crippen molar-refractivity contribution in [2.24, 2.45) is 5.73 Å². The van der Waals surface area contributed by atoms with Crippen molar-refractivity contribution in [2.75, 3.05) is 20.2 Å². The summed E-state index contributed by atoms with van der Waals surface area (Å²) in [4.78, 5) is 21.6. The third-order valence-electron chi connectivity index (χ3n) is 1.39. The molecule has 0 rings (SSSR count). The maximum Gasteiger partial charge on any atom is 0.330 e. The van der Waals surface area contributed by atoms with Gasteiger partial charge < -0.3 is 10.5 Å². The fourth-order valence-corrected chi connectivity index (χ4v) is 0.645. The van der Waals surface area contributed by atoms with Gasteiger partial charge in [-0.25, -0.2) is 9.86 Å². The molecule has 1 amide bonds. The van der Waals surface area contributed by atoms with Gasteiger partial charge in [0.2, 0.25) is 0 Å². The molecular formula is C8H14N2O4. The molecule has 0 bridgehead atoms.